The van der Waals surface area contributed by atoms with Crippen LogP contribution in [0.25, 0.3) is 0 Å². The zero-order chi connectivity index (χ0) is 13.1. The Kier molecular flexibility index (Phi) is 4.11. The van der Waals surface area contributed by atoms with E-state index in [2.05, 4.69) is 6.92 Å². The second kappa shape index (κ2) is 5.61. The van der Waals surface area contributed by atoms with E-state index in [0.717, 1.165) is 25.1 Å². The minimum absolute atomic E-state index is 0.0362. The largest absolute Gasteiger partial charge is 0.326 e. The zero-order valence-corrected chi connectivity index (χ0v) is 11.6. The van der Waals surface area contributed by atoms with Crippen molar-refractivity contribution in [2.75, 3.05) is 12.3 Å². The summed E-state index contributed by atoms with van der Waals surface area (Å²) in [5, 5.41) is 0.291. The van der Waals surface area contributed by atoms with Crippen molar-refractivity contribution < 1.29 is 4.79 Å². The highest BCUT2D eigenvalue weighted by molar-refractivity contribution is 8.00. The lowest BCUT2D eigenvalue weighted by molar-refractivity contribution is 0.0755. The van der Waals surface area contributed by atoms with Crippen molar-refractivity contribution in [3.05, 3.63) is 34.2 Å². The fourth-order valence-electron chi connectivity index (χ4n) is 2.13. The fourth-order valence-corrected chi connectivity index (χ4v) is 3.48. The number of carbonyl (C=O) groups is 1. The number of hydrogen-bond acceptors (Lipinski definition) is 3. The van der Waals surface area contributed by atoms with Crippen molar-refractivity contribution in [3.8, 4) is 0 Å². The maximum absolute atomic E-state index is 12.4. The number of nitrogens with zero attached hydrogens (tertiary/aromatic N) is 2. The van der Waals surface area contributed by atoms with Gasteiger partial charge in [-0.05, 0) is 12.5 Å². The maximum atomic E-state index is 12.4. The molecule has 18 heavy (non-hydrogen) atoms. The lowest BCUT2D eigenvalue weighted by atomic mass is 10.2. The van der Waals surface area contributed by atoms with Crippen LogP contribution in [0.5, 0.6) is 0 Å². The molecule has 1 aromatic rings. The molecule has 1 aliphatic rings. The highest BCUT2D eigenvalue weighted by Crippen LogP contribution is 2.28. The van der Waals surface area contributed by atoms with Gasteiger partial charge in [0.05, 0.1) is 10.9 Å². The van der Waals surface area contributed by atoms with Crippen molar-refractivity contribution >= 4 is 17.7 Å². The Bertz CT molecular complexity index is 498. The van der Waals surface area contributed by atoms with Gasteiger partial charge in [-0.15, -0.1) is 11.8 Å². The number of thioether (sulfide) groups is 1. The monoisotopic (exact) mass is 266 g/mol. The Morgan fingerprint density at radius 1 is 1.50 bits per heavy atom. The van der Waals surface area contributed by atoms with Crippen molar-refractivity contribution in [2.24, 2.45) is 7.05 Å². The molecule has 0 aliphatic carbocycles. The summed E-state index contributed by atoms with van der Waals surface area (Å²) in [4.78, 5) is 25.6. The van der Waals surface area contributed by atoms with Crippen LogP contribution in [-0.4, -0.2) is 33.0 Å². The SMILES string of the molecule is CCCC1SCCN1C(=O)c1ccc(=O)n(C)c1. The van der Waals surface area contributed by atoms with Crippen LogP contribution in [0.4, 0.5) is 0 Å². The molecule has 0 N–H and O–H groups in total. The van der Waals surface area contributed by atoms with Crippen LogP contribution >= 0.6 is 11.8 Å². The molecule has 0 aromatic carbocycles. The van der Waals surface area contributed by atoms with E-state index in [4.69, 9.17) is 0 Å². The third-order valence-electron chi connectivity index (χ3n) is 3.12. The van der Waals surface area contributed by atoms with Gasteiger partial charge in [-0.2, -0.15) is 0 Å². The Balaban J connectivity index is 2.19. The smallest absolute Gasteiger partial charge is 0.256 e. The van der Waals surface area contributed by atoms with Gasteiger partial charge in [-0.3, -0.25) is 9.59 Å². The number of pyridine rings is 1. The molecule has 5 heteroatoms. The predicted octanol–water partition coefficient (Wildman–Crippen LogP) is 1.70. The molecule has 0 bridgehead atoms. The van der Waals surface area contributed by atoms with Crippen LogP contribution in [0.2, 0.25) is 0 Å². The molecule has 0 radical (unpaired) electrons. The number of rotatable bonds is 3. The lowest BCUT2D eigenvalue weighted by Crippen LogP contribution is -2.35. The van der Waals surface area contributed by atoms with Crippen LogP contribution in [-0.2, 0) is 7.05 Å². The lowest BCUT2D eigenvalue weighted by Gasteiger charge is -2.23. The molecule has 1 amide bonds. The Morgan fingerprint density at radius 2 is 2.28 bits per heavy atom. The summed E-state index contributed by atoms with van der Waals surface area (Å²) in [6, 6.07) is 3.07. The number of aryl methyl sites for hydroxylation is 1. The third-order valence-corrected chi connectivity index (χ3v) is 4.41. The highest BCUT2D eigenvalue weighted by atomic mass is 32.2. The quantitative estimate of drug-likeness (QED) is 0.836. The summed E-state index contributed by atoms with van der Waals surface area (Å²) >= 11 is 1.84. The Labute approximate surface area is 111 Å². The molecule has 1 saturated heterocycles. The third kappa shape index (κ3) is 2.61. The van der Waals surface area contributed by atoms with Crippen molar-refractivity contribution in [3.63, 3.8) is 0 Å². The molecule has 1 unspecified atom stereocenters. The standard InChI is InChI=1S/C13H18N2O2S/c1-3-4-12-15(7-8-18-12)13(17)10-5-6-11(16)14(2)9-10/h5-6,9,12H,3-4,7-8H2,1-2H3. The van der Waals surface area contributed by atoms with Crippen molar-refractivity contribution in [2.45, 2.75) is 25.1 Å². The van der Waals surface area contributed by atoms with E-state index in [-0.39, 0.29) is 11.5 Å². The first-order valence-corrected chi connectivity index (χ1v) is 7.27. The number of carbonyl (C=O) groups excluding carboxylic acids is 1. The average Bonchev–Trinajstić information content (AvgIpc) is 2.80. The normalized spacial score (nSPS) is 19.2. The zero-order valence-electron chi connectivity index (χ0n) is 10.8. The summed E-state index contributed by atoms with van der Waals surface area (Å²) in [6.45, 7) is 2.94. The first-order valence-electron chi connectivity index (χ1n) is 6.22. The van der Waals surface area contributed by atoms with Gasteiger partial charge >= 0.3 is 0 Å². The van der Waals surface area contributed by atoms with Gasteiger partial charge in [-0.25, -0.2) is 0 Å². The number of aromatic nitrogens is 1. The summed E-state index contributed by atoms with van der Waals surface area (Å²) in [6.07, 6.45) is 3.73. The Hall–Kier alpha value is -1.23. The molecule has 2 heterocycles. The second-order valence-electron chi connectivity index (χ2n) is 4.48. The van der Waals surface area contributed by atoms with E-state index in [1.54, 1.807) is 19.3 Å². The van der Waals surface area contributed by atoms with Crippen LogP contribution in [0, 0.1) is 0 Å². The average molecular weight is 266 g/mol. The molecule has 4 nitrogen and oxygen atoms in total. The van der Waals surface area contributed by atoms with Crippen LogP contribution in [0.15, 0.2) is 23.1 Å². The van der Waals surface area contributed by atoms with E-state index >= 15 is 0 Å². The van der Waals surface area contributed by atoms with Gasteiger partial charge in [0.2, 0.25) is 5.56 Å². The van der Waals surface area contributed by atoms with Crippen LogP contribution in [0.3, 0.4) is 0 Å². The minimum Gasteiger partial charge on any atom is -0.326 e. The van der Waals surface area contributed by atoms with Gasteiger partial charge in [0.25, 0.3) is 5.91 Å². The molecular formula is C13H18N2O2S. The first kappa shape index (κ1) is 13.2. The fraction of sp³-hybridized carbons (Fsp3) is 0.538. The van der Waals surface area contributed by atoms with Crippen LogP contribution in [0.1, 0.15) is 30.1 Å². The predicted molar refractivity (Wildman–Crippen MR) is 73.9 cm³/mol. The van der Waals surface area contributed by atoms with E-state index in [1.807, 2.05) is 16.7 Å². The molecule has 2 rings (SSSR count). The van der Waals surface area contributed by atoms with Gasteiger partial charge in [0, 0.05) is 31.6 Å². The first-order chi connectivity index (χ1) is 8.63. The second-order valence-corrected chi connectivity index (χ2v) is 5.77. The van der Waals surface area contributed by atoms with Crippen molar-refractivity contribution in [1.82, 2.24) is 9.47 Å². The van der Waals surface area contributed by atoms with Gasteiger partial charge in [-0.1, -0.05) is 13.3 Å². The van der Waals surface area contributed by atoms with E-state index in [1.165, 1.54) is 10.6 Å². The molecule has 98 valence electrons. The van der Waals surface area contributed by atoms with Gasteiger partial charge < -0.3 is 9.47 Å². The van der Waals surface area contributed by atoms with Crippen LogP contribution < -0.4 is 5.56 Å². The van der Waals surface area contributed by atoms with E-state index in [9.17, 15) is 9.59 Å². The maximum Gasteiger partial charge on any atom is 0.256 e. The highest BCUT2D eigenvalue weighted by Gasteiger charge is 2.29. The van der Waals surface area contributed by atoms with E-state index in [0.29, 0.717) is 10.9 Å². The minimum atomic E-state index is -0.0903. The number of amides is 1. The molecule has 1 aliphatic heterocycles. The molecule has 0 spiro atoms. The van der Waals surface area contributed by atoms with Gasteiger partial charge in [0.1, 0.15) is 0 Å². The van der Waals surface area contributed by atoms with E-state index < -0.39 is 0 Å². The topological polar surface area (TPSA) is 42.3 Å². The van der Waals surface area contributed by atoms with Crippen molar-refractivity contribution in [1.29, 1.82) is 0 Å². The molecule has 0 saturated carbocycles. The summed E-state index contributed by atoms with van der Waals surface area (Å²) in [7, 11) is 1.67. The summed E-state index contributed by atoms with van der Waals surface area (Å²) in [5.41, 5.74) is 0.508. The molecule has 1 fully saturated rings. The number of hydrogen-bond donors (Lipinski definition) is 0. The summed E-state index contributed by atoms with van der Waals surface area (Å²) < 4.78 is 1.45. The molecular weight excluding hydrogens is 248 g/mol. The molecule has 1 aromatic heterocycles. The molecule has 1 atom stereocenters. The summed E-state index contributed by atoms with van der Waals surface area (Å²) in [5.74, 6) is 1.04. The van der Waals surface area contributed by atoms with Gasteiger partial charge in [0.15, 0.2) is 0 Å². The Morgan fingerprint density at radius 3 is 2.94 bits per heavy atom.